The van der Waals surface area contributed by atoms with Gasteiger partial charge in [-0.2, -0.15) is 0 Å². The highest BCUT2D eigenvalue weighted by molar-refractivity contribution is 5.89. The maximum atomic E-state index is 14.0. The quantitative estimate of drug-likeness (QED) is 0.916. The lowest BCUT2D eigenvalue weighted by Crippen LogP contribution is -2.54. The van der Waals surface area contributed by atoms with Gasteiger partial charge >= 0.3 is 6.03 Å². The van der Waals surface area contributed by atoms with Gasteiger partial charge in [0, 0.05) is 13.1 Å². The van der Waals surface area contributed by atoms with Gasteiger partial charge in [-0.1, -0.05) is 0 Å². The normalized spacial score (nSPS) is 19.1. The van der Waals surface area contributed by atoms with E-state index >= 15 is 0 Å². The van der Waals surface area contributed by atoms with Gasteiger partial charge in [0.25, 0.3) is 0 Å². The number of hydrogen-bond donors (Lipinski definition) is 1. The van der Waals surface area contributed by atoms with E-state index in [-0.39, 0.29) is 17.3 Å². The van der Waals surface area contributed by atoms with Crippen molar-refractivity contribution in [2.24, 2.45) is 0 Å². The summed E-state index contributed by atoms with van der Waals surface area (Å²) >= 11 is 0. The molecular weight excluding hydrogens is 313 g/mol. The van der Waals surface area contributed by atoms with E-state index in [0.717, 1.165) is 25.9 Å². The van der Waals surface area contributed by atoms with E-state index in [1.807, 2.05) is 0 Å². The van der Waals surface area contributed by atoms with E-state index < -0.39 is 5.82 Å². The van der Waals surface area contributed by atoms with Gasteiger partial charge in [0.1, 0.15) is 18.5 Å². The molecule has 2 aromatic rings. The fraction of sp³-hybridized carbons (Fsp3) is 0.438. The van der Waals surface area contributed by atoms with Crippen molar-refractivity contribution in [3.05, 3.63) is 36.7 Å². The molecular formula is C16H18FN5O2. The first-order valence-corrected chi connectivity index (χ1v) is 8.00. The molecule has 2 aliphatic heterocycles. The Kier molecular flexibility index (Phi) is 3.68. The number of nitrogens with zero attached hydrogens (tertiary/aromatic N) is 4. The standard InChI is InChI=1S/C16H18FN5O2/c17-13-2-1-12(22-10-18-19-11-22)9-14(13)20-15(23)21-6-3-16(4-7-21)5-8-24-16/h1-2,9-11H,3-8H2,(H,20,23). The number of amides is 2. The molecule has 0 saturated carbocycles. The molecule has 0 radical (unpaired) electrons. The van der Waals surface area contributed by atoms with E-state index in [1.54, 1.807) is 21.6 Å². The van der Waals surface area contributed by atoms with Gasteiger partial charge in [-0.25, -0.2) is 9.18 Å². The maximum absolute atomic E-state index is 14.0. The zero-order valence-electron chi connectivity index (χ0n) is 13.1. The van der Waals surface area contributed by atoms with Gasteiger partial charge in [-0.15, -0.1) is 10.2 Å². The van der Waals surface area contributed by atoms with Crippen molar-refractivity contribution in [1.82, 2.24) is 19.7 Å². The predicted octanol–water partition coefficient (Wildman–Crippen LogP) is 2.19. The maximum Gasteiger partial charge on any atom is 0.321 e. The Morgan fingerprint density at radius 2 is 1.92 bits per heavy atom. The van der Waals surface area contributed by atoms with Gasteiger partial charge in [0.2, 0.25) is 0 Å². The van der Waals surface area contributed by atoms with E-state index in [2.05, 4.69) is 15.5 Å². The summed E-state index contributed by atoms with van der Waals surface area (Å²) < 4.78 is 21.3. The van der Waals surface area contributed by atoms with Crippen LogP contribution in [0.1, 0.15) is 19.3 Å². The fourth-order valence-corrected chi connectivity index (χ4v) is 3.20. The molecule has 0 bridgehead atoms. The molecule has 1 spiro atoms. The molecule has 1 aromatic heterocycles. The van der Waals surface area contributed by atoms with E-state index in [4.69, 9.17) is 4.74 Å². The predicted molar refractivity (Wildman–Crippen MR) is 84.4 cm³/mol. The topological polar surface area (TPSA) is 72.3 Å². The highest BCUT2D eigenvalue weighted by Crippen LogP contribution is 2.36. The third-order valence-corrected chi connectivity index (χ3v) is 4.84. The van der Waals surface area contributed by atoms with Crippen LogP contribution in [0.25, 0.3) is 5.69 Å². The lowest BCUT2D eigenvalue weighted by atomic mass is 9.84. The Morgan fingerprint density at radius 3 is 2.54 bits per heavy atom. The van der Waals surface area contributed by atoms with Crippen LogP contribution in [-0.4, -0.2) is 51.0 Å². The number of urea groups is 1. The Bertz CT molecular complexity index is 735. The van der Waals surface area contributed by atoms with Crippen molar-refractivity contribution >= 4 is 11.7 Å². The molecule has 126 valence electrons. The average Bonchev–Trinajstić information content (AvgIpc) is 3.10. The number of carbonyl (C=O) groups is 1. The second-order valence-electron chi connectivity index (χ2n) is 6.23. The summed E-state index contributed by atoms with van der Waals surface area (Å²) in [7, 11) is 0. The number of nitrogens with one attached hydrogen (secondary N) is 1. The number of anilines is 1. The largest absolute Gasteiger partial charge is 0.375 e. The Morgan fingerprint density at radius 1 is 1.21 bits per heavy atom. The second-order valence-corrected chi connectivity index (χ2v) is 6.23. The lowest BCUT2D eigenvalue weighted by molar-refractivity contribution is -0.168. The minimum atomic E-state index is -0.476. The highest BCUT2D eigenvalue weighted by atomic mass is 19.1. The van der Waals surface area contributed by atoms with Crippen molar-refractivity contribution in [2.45, 2.75) is 24.9 Å². The molecule has 2 fully saturated rings. The smallest absolute Gasteiger partial charge is 0.321 e. The Balaban J connectivity index is 1.45. The summed E-state index contributed by atoms with van der Waals surface area (Å²) in [6.45, 7) is 2.06. The monoisotopic (exact) mass is 331 g/mol. The SMILES string of the molecule is O=C(Nc1cc(-n2cnnc2)ccc1F)N1CCC2(CCO2)CC1. The number of carbonyl (C=O) groups excluding carboxylic acids is 1. The average molecular weight is 331 g/mol. The molecule has 0 atom stereocenters. The van der Waals surface area contributed by atoms with E-state index in [1.165, 1.54) is 18.7 Å². The minimum absolute atomic E-state index is 0.0175. The lowest BCUT2D eigenvalue weighted by Gasteiger charge is -2.47. The number of benzene rings is 1. The highest BCUT2D eigenvalue weighted by Gasteiger charge is 2.41. The second kappa shape index (κ2) is 5.86. The molecule has 3 heterocycles. The van der Waals surface area contributed by atoms with Gasteiger partial charge < -0.3 is 15.0 Å². The summed E-state index contributed by atoms with van der Waals surface area (Å²) in [5, 5.41) is 10.1. The van der Waals surface area contributed by atoms with Crippen LogP contribution in [0.5, 0.6) is 0 Å². The molecule has 0 aliphatic carbocycles. The van der Waals surface area contributed by atoms with Gasteiger partial charge in [0.05, 0.1) is 23.6 Å². The summed E-state index contributed by atoms with van der Waals surface area (Å²) in [6.07, 6.45) is 5.77. The molecule has 2 amide bonds. The first-order valence-electron chi connectivity index (χ1n) is 8.00. The summed E-state index contributed by atoms with van der Waals surface area (Å²) in [5.74, 6) is -0.476. The minimum Gasteiger partial charge on any atom is -0.375 e. The van der Waals surface area contributed by atoms with E-state index in [0.29, 0.717) is 18.8 Å². The van der Waals surface area contributed by atoms with Gasteiger partial charge in [-0.05, 0) is 37.5 Å². The zero-order valence-corrected chi connectivity index (χ0v) is 13.1. The van der Waals surface area contributed by atoms with Crippen LogP contribution in [0.2, 0.25) is 0 Å². The number of halogens is 1. The molecule has 0 unspecified atom stereocenters. The van der Waals surface area contributed by atoms with E-state index in [9.17, 15) is 9.18 Å². The summed E-state index contributed by atoms with van der Waals surface area (Å²) in [4.78, 5) is 14.1. The van der Waals surface area contributed by atoms with Crippen LogP contribution < -0.4 is 5.32 Å². The van der Waals surface area contributed by atoms with Crippen molar-refractivity contribution < 1.29 is 13.9 Å². The number of likely N-dealkylation sites (tertiary alicyclic amines) is 1. The first-order chi connectivity index (χ1) is 11.7. The molecule has 7 nitrogen and oxygen atoms in total. The molecule has 24 heavy (non-hydrogen) atoms. The number of rotatable bonds is 2. The Labute approximate surface area is 138 Å². The number of aromatic nitrogens is 3. The first kappa shape index (κ1) is 15.1. The summed E-state index contributed by atoms with van der Waals surface area (Å²) in [6, 6.07) is 4.20. The molecule has 2 aliphatic rings. The number of piperidine rings is 1. The third-order valence-electron chi connectivity index (χ3n) is 4.84. The van der Waals surface area contributed by atoms with Crippen LogP contribution in [-0.2, 0) is 4.74 Å². The van der Waals surface area contributed by atoms with Crippen LogP contribution in [0.4, 0.5) is 14.9 Å². The zero-order chi connectivity index (χ0) is 16.6. The fourth-order valence-electron chi connectivity index (χ4n) is 3.20. The third kappa shape index (κ3) is 2.73. The van der Waals surface area contributed by atoms with Crippen LogP contribution in [0.3, 0.4) is 0 Å². The van der Waals surface area contributed by atoms with Crippen molar-refractivity contribution in [3.63, 3.8) is 0 Å². The summed E-state index contributed by atoms with van der Waals surface area (Å²) in [5.41, 5.74) is 0.805. The molecule has 1 N–H and O–H groups in total. The van der Waals surface area contributed by atoms with Crippen molar-refractivity contribution in [3.8, 4) is 5.69 Å². The van der Waals surface area contributed by atoms with Crippen molar-refractivity contribution in [2.75, 3.05) is 25.0 Å². The number of ether oxygens (including phenoxy) is 1. The van der Waals surface area contributed by atoms with Crippen molar-refractivity contribution in [1.29, 1.82) is 0 Å². The van der Waals surface area contributed by atoms with Gasteiger partial charge in [-0.3, -0.25) is 4.57 Å². The van der Waals surface area contributed by atoms with Gasteiger partial charge in [0.15, 0.2) is 0 Å². The van der Waals surface area contributed by atoms with Crippen LogP contribution >= 0.6 is 0 Å². The molecule has 2 saturated heterocycles. The molecule has 8 heteroatoms. The molecule has 1 aromatic carbocycles. The van der Waals surface area contributed by atoms with Crippen LogP contribution in [0.15, 0.2) is 30.9 Å². The van der Waals surface area contributed by atoms with Crippen LogP contribution in [0, 0.1) is 5.82 Å². The molecule has 4 rings (SSSR count). The Hall–Kier alpha value is -2.48. The number of hydrogen-bond acceptors (Lipinski definition) is 4.